The molecule has 1 fully saturated rings. The summed E-state index contributed by atoms with van der Waals surface area (Å²) < 4.78 is 11.3. The SMILES string of the molecule is C=C(CCCCCCCP(OCC)OCC)C1CC2C=CC1C2. The average molecular weight is 338 g/mol. The highest BCUT2D eigenvalue weighted by molar-refractivity contribution is 7.47. The molecule has 0 saturated heterocycles. The van der Waals surface area contributed by atoms with Crippen molar-refractivity contribution in [1.82, 2.24) is 0 Å². The second-order valence-electron chi connectivity index (χ2n) is 6.95. The highest BCUT2D eigenvalue weighted by Gasteiger charge is 2.36. The molecule has 23 heavy (non-hydrogen) atoms. The zero-order valence-electron chi connectivity index (χ0n) is 15.1. The first-order valence-electron chi connectivity index (χ1n) is 9.64. The van der Waals surface area contributed by atoms with Gasteiger partial charge in [0.05, 0.1) is 13.2 Å². The molecular weight excluding hydrogens is 303 g/mol. The topological polar surface area (TPSA) is 18.5 Å². The van der Waals surface area contributed by atoms with Gasteiger partial charge in [0.25, 0.3) is 0 Å². The van der Waals surface area contributed by atoms with Gasteiger partial charge in [-0.05, 0) is 63.7 Å². The van der Waals surface area contributed by atoms with Crippen molar-refractivity contribution in [3.05, 3.63) is 24.3 Å². The third kappa shape index (κ3) is 6.33. The predicted molar refractivity (Wildman–Crippen MR) is 101 cm³/mol. The van der Waals surface area contributed by atoms with Crippen LogP contribution in [0, 0.1) is 17.8 Å². The van der Waals surface area contributed by atoms with Crippen molar-refractivity contribution in [2.45, 2.75) is 65.2 Å². The monoisotopic (exact) mass is 338 g/mol. The van der Waals surface area contributed by atoms with Crippen LogP contribution in [0.2, 0.25) is 0 Å². The molecule has 0 spiro atoms. The molecule has 2 rings (SSSR count). The molecular formula is C20H35O2P. The van der Waals surface area contributed by atoms with Crippen molar-refractivity contribution in [2.24, 2.45) is 17.8 Å². The van der Waals surface area contributed by atoms with Gasteiger partial charge in [-0.1, -0.05) is 43.6 Å². The molecule has 0 aromatic carbocycles. The van der Waals surface area contributed by atoms with Gasteiger partial charge in [-0.25, -0.2) is 0 Å². The number of rotatable bonds is 13. The Balaban J connectivity index is 1.46. The average Bonchev–Trinajstić information content (AvgIpc) is 3.17. The molecule has 1 saturated carbocycles. The fourth-order valence-corrected chi connectivity index (χ4v) is 5.40. The summed E-state index contributed by atoms with van der Waals surface area (Å²) in [5.74, 6) is 2.49. The van der Waals surface area contributed by atoms with E-state index < -0.39 is 8.38 Å². The standard InChI is InChI=1S/C20H35O2P/c1-4-21-23(22-5-2)14-10-8-6-7-9-11-17(3)20-16-18-12-13-19(20)15-18/h12-13,18-20H,3-11,14-16H2,1-2H3. The number of allylic oxidation sites excluding steroid dienone is 3. The number of hydrogen-bond donors (Lipinski definition) is 0. The quantitative estimate of drug-likeness (QED) is 0.217. The Hall–Kier alpha value is -0.170. The zero-order valence-corrected chi connectivity index (χ0v) is 16.0. The van der Waals surface area contributed by atoms with E-state index in [0.717, 1.165) is 37.1 Å². The molecule has 3 heteroatoms. The van der Waals surface area contributed by atoms with E-state index in [-0.39, 0.29) is 0 Å². The maximum Gasteiger partial charge on any atom is 0.170 e. The van der Waals surface area contributed by atoms with Gasteiger partial charge >= 0.3 is 0 Å². The number of fused-ring (bicyclic) bond motifs is 2. The minimum absolute atomic E-state index is 0.625. The van der Waals surface area contributed by atoms with E-state index in [4.69, 9.17) is 9.05 Å². The van der Waals surface area contributed by atoms with Gasteiger partial charge in [-0.3, -0.25) is 0 Å². The third-order valence-corrected chi connectivity index (χ3v) is 6.96. The Labute approximate surface area is 144 Å². The fraction of sp³-hybridized carbons (Fsp3) is 0.800. The molecule has 2 nitrogen and oxygen atoms in total. The minimum Gasteiger partial charge on any atom is -0.334 e. The van der Waals surface area contributed by atoms with Crippen LogP contribution < -0.4 is 0 Å². The van der Waals surface area contributed by atoms with Crippen LogP contribution in [0.5, 0.6) is 0 Å². The van der Waals surface area contributed by atoms with Gasteiger partial charge in [-0.2, -0.15) is 0 Å². The Bertz CT molecular complexity index is 374. The number of unbranched alkanes of at least 4 members (excludes halogenated alkanes) is 4. The summed E-state index contributed by atoms with van der Waals surface area (Å²) >= 11 is 0. The summed E-state index contributed by atoms with van der Waals surface area (Å²) in [5.41, 5.74) is 1.53. The van der Waals surface area contributed by atoms with E-state index in [0.29, 0.717) is 0 Å². The molecule has 2 aliphatic carbocycles. The van der Waals surface area contributed by atoms with E-state index in [1.165, 1.54) is 56.9 Å². The molecule has 0 aromatic heterocycles. The van der Waals surface area contributed by atoms with E-state index in [1.54, 1.807) is 0 Å². The van der Waals surface area contributed by atoms with Crippen molar-refractivity contribution in [3.63, 3.8) is 0 Å². The first kappa shape index (κ1) is 19.2. The lowest BCUT2D eigenvalue weighted by atomic mass is 9.85. The normalized spacial score (nSPS) is 25.6. The van der Waals surface area contributed by atoms with E-state index in [9.17, 15) is 0 Å². The summed E-state index contributed by atoms with van der Waals surface area (Å²) in [6, 6.07) is 0. The second kappa shape index (κ2) is 10.6. The van der Waals surface area contributed by atoms with E-state index in [2.05, 4.69) is 18.7 Å². The Morgan fingerprint density at radius 3 is 2.30 bits per heavy atom. The lowest BCUT2D eigenvalue weighted by molar-refractivity contribution is 0.268. The molecule has 3 atom stereocenters. The Kier molecular flexibility index (Phi) is 8.87. The fourth-order valence-electron chi connectivity index (χ4n) is 4.01. The Morgan fingerprint density at radius 2 is 1.70 bits per heavy atom. The smallest absolute Gasteiger partial charge is 0.170 e. The highest BCUT2D eigenvalue weighted by atomic mass is 31.2. The van der Waals surface area contributed by atoms with Crippen LogP contribution >= 0.6 is 8.38 Å². The van der Waals surface area contributed by atoms with Gasteiger partial charge in [0.2, 0.25) is 0 Å². The van der Waals surface area contributed by atoms with Gasteiger partial charge in [0.15, 0.2) is 8.38 Å². The van der Waals surface area contributed by atoms with Crippen molar-refractivity contribution in [3.8, 4) is 0 Å². The van der Waals surface area contributed by atoms with Crippen molar-refractivity contribution in [2.75, 3.05) is 19.4 Å². The number of hydrogen-bond acceptors (Lipinski definition) is 2. The van der Waals surface area contributed by atoms with E-state index in [1.807, 2.05) is 13.8 Å². The summed E-state index contributed by atoms with van der Waals surface area (Å²) in [4.78, 5) is 0. The molecule has 2 aliphatic rings. The molecule has 132 valence electrons. The van der Waals surface area contributed by atoms with Crippen LogP contribution in [0.3, 0.4) is 0 Å². The minimum atomic E-state index is -0.625. The van der Waals surface area contributed by atoms with Gasteiger partial charge < -0.3 is 9.05 Å². The van der Waals surface area contributed by atoms with Crippen molar-refractivity contribution >= 4 is 8.38 Å². The van der Waals surface area contributed by atoms with Gasteiger partial charge in [0.1, 0.15) is 0 Å². The van der Waals surface area contributed by atoms with Gasteiger partial charge in [-0.15, -0.1) is 0 Å². The summed E-state index contributed by atoms with van der Waals surface area (Å²) in [7, 11) is -0.625. The summed E-state index contributed by atoms with van der Waals surface area (Å²) in [5, 5.41) is 0. The molecule has 0 heterocycles. The van der Waals surface area contributed by atoms with Crippen LogP contribution in [0.15, 0.2) is 24.3 Å². The molecule has 0 amide bonds. The first-order chi connectivity index (χ1) is 11.2. The second-order valence-corrected chi connectivity index (χ2v) is 8.58. The summed E-state index contributed by atoms with van der Waals surface area (Å²) in [6.45, 7) is 10.0. The molecule has 0 radical (unpaired) electrons. The zero-order chi connectivity index (χ0) is 16.5. The highest BCUT2D eigenvalue weighted by Crippen LogP contribution is 2.47. The molecule has 0 aliphatic heterocycles. The summed E-state index contributed by atoms with van der Waals surface area (Å²) in [6.07, 6.45) is 16.5. The maximum absolute atomic E-state index is 5.65. The third-order valence-electron chi connectivity index (χ3n) is 5.19. The van der Waals surface area contributed by atoms with Crippen LogP contribution in [-0.2, 0) is 9.05 Å². The van der Waals surface area contributed by atoms with Crippen LogP contribution in [0.25, 0.3) is 0 Å². The maximum atomic E-state index is 5.65. The molecule has 0 N–H and O–H groups in total. The van der Waals surface area contributed by atoms with Crippen LogP contribution in [-0.4, -0.2) is 19.4 Å². The van der Waals surface area contributed by atoms with Gasteiger partial charge in [0, 0.05) is 6.16 Å². The predicted octanol–water partition coefficient (Wildman–Crippen LogP) is 6.48. The van der Waals surface area contributed by atoms with Crippen LogP contribution in [0.1, 0.15) is 65.2 Å². The van der Waals surface area contributed by atoms with E-state index >= 15 is 0 Å². The van der Waals surface area contributed by atoms with Crippen LogP contribution in [0.4, 0.5) is 0 Å². The first-order valence-corrected chi connectivity index (χ1v) is 11.0. The molecule has 0 aromatic rings. The lowest BCUT2D eigenvalue weighted by Gasteiger charge is -2.20. The van der Waals surface area contributed by atoms with Crippen molar-refractivity contribution < 1.29 is 9.05 Å². The van der Waals surface area contributed by atoms with Crippen molar-refractivity contribution in [1.29, 1.82) is 0 Å². The molecule has 3 unspecified atom stereocenters. The largest absolute Gasteiger partial charge is 0.334 e. The lowest BCUT2D eigenvalue weighted by Crippen LogP contribution is -2.09. The Morgan fingerprint density at radius 1 is 1.00 bits per heavy atom. The molecule has 2 bridgehead atoms.